The third kappa shape index (κ3) is 3.46. The van der Waals surface area contributed by atoms with E-state index in [1.54, 1.807) is 20.0 Å². The zero-order valence-corrected chi connectivity index (χ0v) is 14.9. The van der Waals surface area contributed by atoms with Crippen LogP contribution in [0.5, 0.6) is 0 Å². The molecule has 0 radical (unpaired) electrons. The standard InChI is InChI=1S/C9H13.C5H5.2ClH.Zr/c1-6-5-7(2)9(4)8(6)3;1-2-4-5-3-1;;;/h6H,1-4H3;1-3H,4H2;2*1H;. The molecule has 2 aliphatic carbocycles. The molecule has 0 nitrogen and oxygen atoms in total. The summed E-state index contributed by atoms with van der Waals surface area (Å²) in [4.78, 5) is 0. The Morgan fingerprint density at radius 1 is 1.12 bits per heavy atom. The van der Waals surface area contributed by atoms with Crippen LogP contribution < -0.4 is 0 Å². The van der Waals surface area contributed by atoms with E-state index in [1.807, 2.05) is 3.28 Å². The van der Waals surface area contributed by atoms with Crippen LogP contribution >= 0.6 is 24.8 Å². The molecule has 2 rings (SSSR count). The summed E-state index contributed by atoms with van der Waals surface area (Å²) in [5.41, 5.74) is 4.78. The van der Waals surface area contributed by atoms with Gasteiger partial charge in [-0.3, -0.25) is 0 Å². The van der Waals surface area contributed by atoms with Gasteiger partial charge in [0.25, 0.3) is 0 Å². The fourth-order valence-electron chi connectivity index (χ4n) is 2.28. The van der Waals surface area contributed by atoms with Crippen molar-refractivity contribution in [3.63, 3.8) is 0 Å². The molecule has 0 aromatic carbocycles. The van der Waals surface area contributed by atoms with Gasteiger partial charge in [-0.25, -0.2) is 0 Å². The number of halogens is 2. The van der Waals surface area contributed by atoms with Crippen LogP contribution in [-0.2, 0) is 23.2 Å². The van der Waals surface area contributed by atoms with Crippen molar-refractivity contribution in [1.29, 1.82) is 0 Å². The summed E-state index contributed by atoms with van der Waals surface area (Å²) in [7, 11) is 0. The van der Waals surface area contributed by atoms with Crippen LogP contribution in [0, 0.1) is 5.92 Å². The van der Waals surface area contributed by atoms with E-state index >= 15 is 0 Å². The number of rotatable bonds is 2. The second-order valence-corrected chi connectivity index (χ2v) is 8.03. The molecule has 0 saturated heterocycles. The predicted molar refractivity (Wildman–Crippen MR) is 76.6 cm³/mol. The molecule has 0 N–H and O–H groups in total. The molecular formula is C14H20Cl2Zr. The van der Waals surface area contributed by atoms with Crippen molar-refractivity contribution in [3.8, 4) is 0 Å². The summed E-state index contributed by atoms with van der Waals surface area (Å²) in [5.74, 6) is 0.734. The van der Waals surface area contributed by atoms with Crippen molar-refractivity contribution >= 4 is 24.8 Å². The quantitative estimate of drug-likeness (QED) is 0.656. The molecule has 0 heterocycles. The van der Waals surface area contributed by atoms with Crippen LogP contribution in [0.4, 0.5) is 0 Å². The van der Waals surface area contributed by atoms with E-state index in [9.17, 15) is 0 Å². The van der Waals surface area contributed by atoms with Crippen molar-refractivity contribution in [2.75, 3.05) is 0 Å². The van der Waals surface area contributed by atoms with Gasteiger partial charge < -0.3 is 0 Å². The molecular weight excluding hydrogens is 330 g/mol. The summed E-state index contributed by atoms with van der Waals surface area (Å²) in [6.45, 7) is 9.29. The fraction of sp³-hybridized carbons (Fsp3) is 0.429. The number of hydrogen-bond donors (Lipinski definition) is 0. The Kier molecular flexibility index (Phi) is 7.30. The minimum absolute atomic E-state index is 0. The molecule has 3 heteroatoms. The first kappa shape index (κ1) is 17.4. The zero-order chi connectivity index (χ0) is 11.0. The first-order valence-corrected chi connectivity index (χ1v) is 8.08. The van der Waals surface area contributed by atoms with E-state index in [1.165, 1.54) is 6.42 Å². The smallest absolute Gasteiger partial charge is 0.147 e. The van der Waals surface area contributed by atoms with Gasteiger partial charge in [0.05, 0.1) is 0 Å². The topological polar surface area (TPSA) is 0 Å². The van der Waals surface area contributed by atoms with Crippen LogP contribution in [0.15, 0.2) is 41.5 Å². The molecule has 0 saturated carbocycles. The fourth-order valence-corrected chi connectivity index (χ4v) is 6.10. The zero-order valence-electron chi connectivity index (χ0n) is 10.8. The second kappa shape index (κ2) is 7.12. The molecule has 0 aliphatic heterocycles. The Bertz CT molecular complexity index is 414. The predicted octanol–water partition coefficient (Wildman–Crippen LogP) is 5.02. The molecule has 0 aromatic heterocycles. The third-order valence-electron chi connectivity index (χ3n) is 3.71. The Balaban J connectivity index is 0.00000128. The Hall–Kier alpha value is 0.423. The minimum atomic E-state index is -0.456. The van der Waals surface area contributed by atoms with Crippen molar-refractivity contribution < 1.29 is 23.2 Å². The van der Waals surface area contributed by atoms with Crippen LogP contribution in [0.2, 0.25) is 0 Å². The van der Waals surface area contributed by atoms with Crippen LogP contribution in [0.3, 0.4) is 0 Å². The molecule has 1 atom stereocenters. The second-order valence-electron chi connectivity index (χ2n) is 4.52. The molecule has 0 aromatic rings. The van der Waals surface area contributed by atoms with Crippen molar-refractivity contribution in [1.82, 2.24) is 0 Å². The normalized spacial score (nSPS) is 22.4. The van der Waals surface area contributed by atoms with Gasteiger partial charge in [0, 0.05) is 0 Å². The van der Waals surface area contributed by atoms with Gasteiger partial charge in [-0.1, -0.05) is 0 Å². The molecule has 2 aliphatic rings. The summed E-state index contributed by atoms with van der Waals surface area (Å²) in [6.07, 6.45) is 8.09. The van der Waals surface area contributed by atoms with E-state index in [-0.39, 0.29) is 24.8 Å². The van der Waals surface area contributed by atoms with Crippen molar-refractivity contribution in [2.24, 2.45) is 5.92 Å². The summed E-state index contributed by atoms with van der Waals surface area (Å²) in [6, 6.07) is 0. The Morgan fingerprint density at radius 3 is 2.18 bits per heavy atom. The number of hydrogen-bond acceptors (Lipinski definition) is 0. The molecule has 17 heavy (non-hydrogen) atoms. The maximum Gasteiger partial charge on any atom is -0.147 e. The van der Waals surface area contributed by atoms with E-state index in [0.717, 1.165) is 5.92 Å². The van der Waals surface area contributed by atoms with Crippen LogP contribution in [-0.4, -0.2) is 0 Å². The minimum Gasteiger partial charge on any atom is -0.147 e. The molecule has 0 spiro atoms. The molecule has 0 fully saturated rings. The van der Waals surface area contributed by atoms with E-state index in [2.05, 4.69) is 45.9 Å². The Morgan fingerprint density at radius 2 is 1.76 bits per heavy atom. The van der Waals surface area contributed by atoms with Gasteiger partial charge in [-0.2, -0.15) is 0 Å². The molecule has 1 unspecified atom stereocenters. The third-order valence-corrected chi connectivity index (χ3v) is 8.06. The van der Waals surface area contributed by atoms with Gasteiger partial charge in [-0.05, 0) is 0 Å². The maximum absolute atomic E-state index is 2.38. The van der Waals surface area contributed by atoms with Gasteiger partial charge in [0.2, 0.25) is 0 Å². The average molecular weight is 350 g/mol. The average Bonchev–Trinajstić information content (AvgIpc) is 2.79. The summed E-state index contributed by atoms with van der Waals surface area (Å²) in [5, 5.41) is 0. The van der Waals surface area contributed by atoms with Crippen molar-refractivity contribution in [3.05, 3.63) is 41.5 Å². The van der Waals surface area contributed by atoms with Crippen LogP contribution in [0.1, 0.15) is 34.1 Å². The SMILES string of the molecule is CC1=C(C)C(C)[C]([Zr][C]2=CC=CC2)=C1C.Cl.Cl. The van der Waals surface area contributed by atoms with E-state index in [0.29, 0.717) is 0 Å². The summed E-state index contributed by atoms with van der Waals surface area (Å²) < 4.78 is 3.55. The maximum atomic E-state index is 2.38. The van der Waals surface area contributed by atoms with E-state index < -0.39 is 23.2 Å². The monoisotopic (exact) mass is 348 g/mol. The largest absolute Gasteiger partial charge is 0.147 e. The molecule has 0 bridgehead atoms. The van der Waals surface area contributed by atoms with Gasteiger partial charge in [-0.15, -0.1) is 24.8 Å². The first-order chi connectivity index (χ1) is 7.11. The molecule has 0 amide bonds. The van der Waals surface area contributed by atoms with E-state index in [4.69, 9.17) is 0 Å². The first-order valence-electron chi connectivity index (χ1n) is 5.62. The van der Waals surface area contributed by atoms with Crippen LogP contribution in [0.25, 0.3) is 0 Å². The van der Waals surface area contributed by atoms with Crippen molar-refractivity contribution in [2.45, 2.75) is 34.1 Å². The molecule has 94 valence electrons. The Labute approximate surface area is 129 Å². The van der Waals surface area contributed by atoms with Gasteiger partial charge in [0.15, 0.2) is 0 Å². The number of allylic oxidation sites excluding steroid dienone is 8. The van der Waals surface area contributed by atoms with Gasteiger partial charge in [0.1, 0.15) is 0 Å². The summed E-state index contributed by atoms with van der Waals surface area (Å²) >= 11 is -0.456. The van der Waals surface area contributed by atoms with Gasteiger partial charge >= 0.3 is 105 Å².